The first-order chi connectivity index (χ1) is 14.9. The molecule has 0 radical (unpaired) electrons. The molecule has 0 unspecified atom stereocenters. The molecule has 32 heavy (non-hydrogen) atoms. The van der Waals surface area contributed by atoms with E-state index in [1.807, 2.05) is 0 Å². The summed E-state index contributed by atoms with van der Waals surface area (Å²) in [6.45, 7) is 0.601. The van der Waals surface area contributed by atoms with Gasteiger partial charge in [0.05, 0.1) is 22.2 Å². The van der Waals surface area contributed by atoms with Crippen LogP contribution in [0, 0.1) is 0 Å². The second kappa shape index (κ2) is 9.74. The normalized spacial score (nSPS) is 16.2. The van der Waals surface area contributed by atoms with Crippen LogP contribution in [0.25, 0.3) is 0 Å². The Balaban J connectivity index is 1.59. The molecule has 1 aliphatic rings. The molecule has 0 bridgehead atoms. The minimum Gasteiger partial charge on any atom is -0.325 e. The van der Waals surface area contributed by atoms with Gasteiger partial charge in [0, 0.05) is 36.9 Å². The highest BCUT2D eigenvalue weighted by Gasteiger charge is 2.34. The Morgan fingerprint density at radius 2 is 1.59 bits per heavy atom. The van der Waals surface area contributed by atoms with Crippen molar-refractivity contribution in [3.8, 4) is 0 Å². The fraction of sp³-hybridized carbons (Fsp3) is 0.316. The fourth-order valence-electron chi connectivity index (χ4n) is 3.17. The van der Waals surface area contributed by atoms with Gasteiger partial charge in [-0.05, 0) is 36.4 Å². The number of alkyl halides is 3. The maximum atomic E-state index is 13.0. The van der Waals surface area contributed by atoms with E-state index in [0.29, 0.717) is 0 Å². The predicted molar refractivity (Wildman–Crippen MR) is 117 cm³/mol. The molecule has 174 valence electrons. The van der Waals surface area contributed by atoms with Crippen molar-refractivity contribution in [3.05, 3.63) is 57.0 Å². The van der Waals surface area contributed by atoms with Gasteiger partial charge in [-0.15, -0.1) is 0 Å². The number of halogens is 6. The van der Waals surface area contributed by atoms with Gasteiger partial charge in [-0.2, -0.15) is 17.5 Å². The van der Waals surface area contributed by atoms with Crippen LogP contribution < -0.4 is 5.32 Å². The molecule has 6 nitrogen and oxygen atoms in total. The van der Waals surface area contributed by atoms with E-state index in [0.717, 1.165) is 12.1 Å². The van der Waals surface area contributed by atoms with E-state index in [-0.39, 0.29) is 53.4 Å². The quantitative estimate of drug-likeness (QED) is 0.613. The van der Waals surface area contributed by atoms with Crippen molar-refractivity contribution in [1.29, 1.82) is 0 Å². The highest BCUT2D eigenvalue weighted by molar-refractivity contribution is 7.89. The first kappa shape index (κ1) is 25.1. The molecule has 13 heteroatoms. The average Bonchev–Trinajstić information content (AvgIpc) is 2.70. The summed E-state index contributed by atoms with van der Waals surface area (Å²) >= 11 is 17.5. The number of anilines is 1. The number of carbonyl (C=O) groups is 1. The minimum absolute atomic E-state index is 0.0384. The van der Waals surface area contributed by atoms with Gasteiger partial charge in [0.1, 0.15) is 4.90 Å². The van der Waals surface area contributed by atoms with Crippen LogP contribution in [0.5, 0.6) is 0 Å². The highest BCUT2D eigenvalue weighted by Crippen LogP contribution is 2.36. The zero-order chi connectivity index (χ0) is 23.7. The molecule has 0 atom stereocenters. The maximum Gasteiger partial charge on any atom is 0.417 e. The Hall–Kier alpha value is -1.56. The molecule has 1 aliphatic heterocycles. The fourth-order valence-corrected chi connectivity index (χ4v) is 5.55. The number of rotatable bonds is 5. The van der Waals surface area contributed by atoms with Crippen LogP contribution >= 0.6 is 34.8 Å². The van der Waals surface area contributed by atoms with Gasteiger partial charge in [-0.1, -0.05) is 34.8 Å². The Morgan fingerprint density at radius 1 is 0.969 bits per heavy atom. The molecule has 1 heterocycles. The number of piperazine rings is 1. The van der Waals surface area contributed by atoms with Crippen molar-refractivity contribution in [3.63, 3.8) is 0 Å². The minimum atomic E-state index is -4.65. The highest BCUT2D eigenvalue weighted by atomic mass is 35.5. The summed E-state index contributed by atoms with van der Waals surface area (Å²) < 4.78 is 65.9. The number of nitrogens with one attached hydrogen (secondary N) is 1. The van der Waals surface area contributed by atoms with Crippen LogP contribution in [-0.4, -0.2) is 56.3 Å². The summed E-state index contributed by atoms with van der Waals surface area (Å²) in [6.07, 6.45) is -4.65. The lowest BCUT2D eigenvalue weighted by Gasteiger charge is -2.33. The molecule has 1 amide bonds. The third kappa shape index (κ3) is 5.86. The lowest BCUT2D eigenvalue weighted by molar-refractivity contribution is -0.137. The number of hydrogen-bond acceptors (Lipinski definition) is 4. The van der Waals surface area contributed by atoms with Gasteiger partial charge >= 0.3 is 6.18 Å². The standard InChI is InChI=1S/C19H17Cl3F3N3O3S/c20-12-1-3-16(22)17(9-12)32(30,31)28-7-5-27(6-8-28)11-18(29)26-13-2-4-15(21)14(10-13)19(23,24)25/h1-4,9-10H,5-8,11H2,(H,26,29). The van der Waals surface area contributed by atoms with Crippen molar-refractivity contribution in [2.75, 3.05) is 38.0 Å². The van der Waals surface area contributed by atoms with Crippen molar-refractivity contribution in [2.45, 2.75) is 11.1 Å². The Bertz CT molecular complexity index is 1120. The Morgan fingerprint density at radius 3 is 2.22 bits per heavy atom. The second-order valence-electron chi connectivity index (χ2n) is 7.00. The molecule has 3 rings (SSSR count). The van der Waals surface area contributed by atoms with Crippen LogP contribution in [0.15, 0.2) is 41.3 Å². The third-order valence-electron chi connectivity index (χ3n) is 4.77. The predicted octanol–water partition coefficient (Wildman–Crippen LogP) is 4.61. The largest absolute Gasteiger partial charge is 0.417 e. The van der Waals surface area contributed by atoms with E-state index in [1.54, 1.807) is 4.90 Å². The third-order valence-corrected chi connectivity index (χ3v) is 7.71. The Kier molecular flexibility index (Phi) is 7.63. The molecule has 1 fully saturated rings. The monoisotopic (exact) mass is 529 g/mol. The molecular formula is C19H17Cl3F3N3O3S. The van der Waals surface area contributed by atoms with Crippen LogP contribution in [0.3, 0.4) is 0 Å². The van der Waals surface area contributed by atoms with Crippen LogP contribution in [0.2, 0.25) is 15.1 Å². The molecule has 1 saturated heterocycles. The van der Waals surface area contributed by atoms with Crippen molar-refractivity contribution in [1.82, 2.24) is 9.21 Å². The molecule has 2 aromatic rings. The number of nitrogens with zero attached hydrogens (tertiary/aromatic N) is 2. The second-order valence-corrected chi connectivity index (χ2v) is 10.2. The number of benzene rings is 2. The zero-order valence-electron chi connectivity index (χ0n) is 16.3. The maximum absolute atomic E-state index is 13.0. The van der Waals surface area contributed by atoms with E-state index < -0.39 is 32.7 Å². The van der Waals surface area contributed by atoms with Gasteiger partial charge in [-0.3, -0.25) is 9.69 Å². The molecule has 2 aromatic carbocycles. The van der Waals surface area contributed by atoms with E-state index in [1.165, 1.54) is 28.6 Å². The molecule has 1 N–H and O–H groups in total. The van der Waals surface area contributed by atoms with E-state index in [4.69, 9.17) is 34.8 Å². The first-order valence-electron chi connectivity index (χ1n) is 9.22. The lowest BCUT2D eigenvalue weighted by Crippen LogP contribution is -2.50. The molecular weight excluding hydrogens is 514 g/mol. The lowest BCUT2D eigenvalue weighted by atomic mass is 10.2. The number of sulfonamides is 1. The van der Waals surface area contributed by atoms with Crippen LogP contribution in [0.4, 0.5) is 18.9 Å². The summed E-state index contributed by atoms with van der Waals surface area (Å²) in [6, 6.07) is 7.26. The van der Waals surface area contributed by atoms with Gasteiger partial charge in [0.25, 0.3) is 0 Å². The number of carbonyl (C=O) groups excluding carboxylic acids is 1. The van der Waals surface area contributed by atoms with Crippen molar-refractivity contribution >= 4 is 56.4 Å². The van der Waals surface area contributed by atoms with Crippen LogP contribution in [0.1, 0.15) is 5.56 Å². The van der Waals surface area contributed by atoms with E-state index in [9.17, 15) is 26.4 Å². The summed E-state index contributed by atoms with van der Waals surface area (Å²) in [5, 5.41) is 2.23. The topological polar surface area (TPSA) is 69.7 Å². The summed E-state index contributed by atoms with van der Waals surface area (Å²) in [5.74, 6) is -0.533. The van der Waals surface area contributed by atoms with E-state index in [2.05, 4.69) is 5.32 Å². The Labute approximate surface area is 197 Å². The van der Waals surface area contributed by atoms with E-state index >= 15 is 0 Å². The van der Waals surface area contributed by atoms with Crippen LogP contribution in [-0.2, 0) is 21.0 Å². The van der Waals surface area contributed by atoms with Gasteiger partial charge in [0.2, 0.25) is 15.9 Å². The average molecular weight is 531 g/mol. The SMILES string of the molecule is O=C(CN1CCN(S(=O)(=O)c2cc(Cl)ccc2Cl)CC1)Nc1ccc(Cl)c(C(F)(F)F)c1. The smallest absolute Gasteiger partial charge is 0.325 e. The van der Waals surface area contributed by atoms with Crippen molar-refractivity contribution in [2.24, 2.45) is 0 Å². The summed E-state index contributed by atoms with van der Waals surface area (Å²) in [7, 11) is -3.87. The molecule has 0 aliphatic carbocycles. The molecule has 0 aromatic heterocycles. The molecule has 0 spiro atoms. The van der Waals surface area contributed by atoms with Gasteiger partial charge < -0.3 is 5.32 Å². The van der Waals surface area contributed by atoms with Gasteiger partial charge in [0.15, 0.2) is 0 Å². The van der Waals surface area contributed by atoms with Gasteiger partial charge in [-0.25, -0.2) is 8.42 Å². The first-order valence-corrected chi connectivity index (χ1v) is 11.8. The molecule has 0 saturated carbocycles. The number of hydrogen-bond donors (Lipinski definition) is 1. The van der Waals surface area contributed by atoms with Crippen molar-refractivity contribution < 1.29 is 26.4 Å². The zero-order valence-corrected chi connectivity index (χ0v) is 19.4. The summed E-state index contributed by atoms with van der Waals surface area (Å²) in [5.41, 5.74) is -1.08. The number of amides is 1. The summed E-state index contributed by atoms with van der Waals surface area (Å²) in [4.78, 5) is 13.9.